The summed E-state index contributed by atoms with van der Waals surface area (Å²) >= 11 is 0. The van der Waals surface area contributed by atoms with Gasteiger partial charge in [0.15, 0.2) is 5.92 Å². The van der Waals surface area contributed by atoms with Crippen LogP contribution in [-0.2, 0) is 23.8 Å². The summed E-state index contributed by atoms with van der Waals surface area (Å²) in [5.41, 5.74) is 0. The Balaban J connectivity index is 1.72. The summed E-state index contributed by atoms with van der Waals surface area (Å²) in [7, 11) is 0. The molecule has 2 saturated carbocycles. The van der Waals surface area contributed by atoms with Crippen molar-refractivity contribution in [1.82, 2.24) is 0 Å². The van der Waals surface area contributed by atoms with Gasteiger partial charge in [0.25, 0.3) is 0 Å². The molecule has 0 unspecified atom stereocenters. The van der Waals surface area contributed by atoms with E-state index >= 15 is 0 Å². The van der Waals surface area contributed by atoms with Gasteiger partial charge in [0, 0.05) is 0 Å². The van der Waals surface area contributed by atoms with Crippen molar-refractivity contribution >= 4 is 11.9 Å². The Bertz CT molecular complexity index is 729. The van der Waals surface area contributed by atoms with E-state index in [0.29, 0.717) is 35.5 Å². The zero-order chi connectivity index (χ0) is 24.3. The van der Waals surface area contributed by atoms with E-state index in [-0.39, 0.29) is 18.6 Å². The number of esters is 2. The fourth-order valence-corrected chi connectivity index (χ4v) is 6.20. The van der Waals surface area contributed by atoms with Crippen LogP contribution in [0.2, 0.25) is 0 Å². The lowest BCUT2D eigenvalue weighted by Gasteiger charge is -2.39. The van der Waals surface area contributed by atoms with E-state index in [1.54, 1.807) is 0 Å². The molecule has 0 aromatic heterocycles. The Kier molecular flexibility index (Phi) is 8.83. The van der Waals surface area contributed by atoms with Crippen LogP contribution in [0, 0.1) is 58.7 Å². The molecular formula is C27H43NO5. The van der Waals surface area contributed by atoms with Crippen molar-refractivity contribution in [2.24, 2.45) is 47.3 Å². The standard InChI is InChI=1S/C27H43NO5/c1-15(2)19-9-7-17(5)11-23(19)31-26(30)22(14-28)21-13-25(29)33-27(21)32-24-12-18(6)8-10-20(24)16(3)4/h15-24,27H,7-13H2,1-6H3/t17-,18-,19+,20+,21+,22+,23-,24-,27-/m1/s1. The van der Waals surface area contributed by atoms with Crippen LogP contribution in [-0.4, -0.2) is 30.4 Å². The van der Waals surface area contributed by atoms with Crippen molar-refractivity contribution in [3.8, 4) is 6.07 Å². The molecule has 0 aromatic carbocycles. The lowest BCUT2D eigenvalue weighted by Crippen LogP contribution is -2.42. The third-order valence-electron chi connectivity index (χ3n) is 8.32. The molecule has 3 fully saturated rings. The second-order valence-electron chi connectivity index (χ2n) is 11.6. The van der Waals surface area contributed by atoms with Crippen molar-refractivity contribution in [2.45, 2.75) is 105 Å². The van der Waals surface area contributed by atoms with Gasteiger partial charge in [-0.2, -0.15) is 5.26 Å². The van der Waals surface area contributed by atoms with Gasteiger partial charge in [-0.05, 0) is 61.2 Å². The summed E-state index contributed by atoms with van der Waals surface area (Å²) in [5.74, 6) is -0.0570. The first kappa shape index (κ1) is 26.0. The smallest absolute Gasteiger partial charge is 0.324 e. The van der Waals surface area contributed by atoms with E-state index in [4.69, 9.17) is 14.2 Å². The van der Waals surface area contributed by atoms with Crippen LogP contribution in [0.1, 0.15) is 86.5 Å². The van der Waals surface area contributed by atoms with Gasteiger partial charge in [-0.1, -0.05) is 54.4 Å². The normalized spacial score (nSPS) is 38.1. The zero-order valence-corrected chi connectivity index (χ0v) is 21.3. The first-order valence-electron chi connectivity index (χ1n) is 13.1. The molecule has 0 spiro atoms. The van der Waals surface area contributed by atoms with Gasteiger partial charge in [-0.3, -0.25) is 9.59 Å². The summed E-state index contributed by atoms with van der Waals surface area (Å²) in [6, 6.07) is 2.13. The minimum Gasteiger partial charge on any atom is -0.461 e. The van der Waals surface area contributed by atoms with Crippen molar-refractivity contribution in [3.63, 3.8) is 0 Å². The molecule has 0 amide bonds. The molecule has 0 bridgehead atoms. The number of nitriles is 1. The molecule has 186 valence electrons. The van der Waals surface area contributed by atoms with Crippen molar-refractivity contribution < 1.29 is 23.8 Å². The molecule has 33 heavy (non-hydrogen) atoms. The molecule has 3 rings (SSSR count). The maximum absolute atomic E-state index is 13.2. The summed E-state index contributed by atoms with van der Waals surface area (Å²) < 4.78 is 17.9. The highest BCUT2D eigenvalue weighted by Crippen LogP contribution is 2.40. The maximum atomic E-state index is 13.2. The molecule has 0 radical (unpaired) electrons. The topological polar surface area (TPSA) is 85.6 Å². The minimum atomic E-state index is -1.06. The lowest BCUT2D eigenvalue weighted by atomic mass is 9.75. The highest BCUT2D eigenvalue weighted by Gasteiger charge is 2.48. The van der Waals surface area contributed by atoms with Crippen LogP contribution in [0.25, 0.3) is 0 Å². The molecule has 1 saturated heterocycles. The third kappa shape index (κ3) is 6.29. The predicted molar refractivity (Wildman–Crippen MR) is 125 cm³/mol. The van der Waals surface area contributed by atoms with Gasteiger partial charge in [0.05, 0.1) is 24.5 Å². The van der Waals surface area contributed by atoms with E-state index in [1.807, 2.05) is 0 Å². The predicted octanol–water partition coefficient (Wildman–Crippen LogP) is 5.50. The number of cyclic esters (lactones) is 1. The molecule has 2 aliphatic carbocycles. The average molecular weight is 462 g/mol. The lowest BCUT2D eigenvalue weighted by molar-refractivity contribution is -0.202. The van der Waals surface area contributed by atoms with Gasteiger partial charge in [-0.25, -0.2) is 0 Å². The van der Waals surface area contributed by atoms with Gasteiger partial charge < -0.3 is 14.2 Å². The summed E-state index contributed by atoms with van der Waals surface area (Å²) in [6.07, 6.45) is 5.07. The first-order chi connectivity index (χ1) is 15.6. The van der Waals surface area contributed by atoms with Gasteiger partial charge >= 0.3 is 11.9 Å². The Morgan fingerprint density at radius 2 is 1.48 bits per heavy atom. The summed E-state index contributed by atoms with van der Waals surface area (Å²) in [5, 5.41) is 9.93. The highest BCUT2D eigenvalue weighted by molar-refractivity contribution is 5.79. The summed E-state index contributed by atoms with van der Waals surface area (Å²) in [4.78, 5) is 25.4. The Morgan fingerprint density at radius 1 is 0.939 bits per heavy atom. The summed E-state index contributed by atoms with van der Waals surface area (Å²) in [6.45, 7) is 13.1. The largest absolute Gasteiger partial charge is 0.461 e. The van der Waals surface area contributed by atoms with E-state index in [0.717, 1.165) is 32.1 Å². The maximum Gasteiger partial charge on any atom is 0.324 e. The fraction of sp³-hybridized carbons (Fsp3) is 0.889. The SMILES string of the molecule is CC(C)[C@@H]1CC[C@@H](C)C[C@H]1OC(=O)[C@@H](C#N)[C@@H]1CC(=O)O[C@H]1O[C@@H]1C[C@H](C)CC[C@H]1C(C)C. The number of ether oxygens (including phenoxy) is 3. The number of hydrogen-bond acceptors (Lipinski definition) is 6. The minimum absolute atomic E-state index is 0.0152. The molecule has 1 heterocycles. The van der Waals surface area contributed by atoms with Crippen LogP contribution >= 0.6 is 0 Å². The van der Waals surface area contributed by atoms with Crippen LogP contribution in [0.3, 0.4) is 0 Å². The van der Waals surface area contributed by atoms with Gasteiger partial charge in [0.2, 0.25) is 6.29 Å². The number of carbonyl (C=O) groups excluding carboxylic acids is 2. The number of hydrogen-bond donors (Lipinski definition) is 0. The second-order valence-corrected chi connectivity index (χ2v) is 11.6. The van der Waals surface area contributed by atoms with Crippen LogP contribution in [0.4, 0.5) is 0 Å². The number of carbonyl (C=O) groups is 2. The monoisotopic (exact) mass is 461 g/mol. The molecular weight excluding hydrogens is 418 g/mol. The van der Waals surface area contributed by atoms with Crippen LogP contribution < -0.4 is 0 Å². The Hall–Kier alpha value is -1.61. The average Bonchev–Trinajstić information content (AvgIpc) is 3.07. The van der Waals surface area contributed by atoms with Crippen molar-refractivity contribution in [1.29, 1.82) is 5.26 Å². The molecule has 1 aliphatic heterocycles. The second kappa shape index (κ2) is 11.2. The van der Waals surface area contributed by atoms with E-state index in [2.05, 4.69) is 47.6 Å². The highest BCUT2D eigenvalue weighted by atomic mass is 16.7. The van der Waals surface area contributed by atoms with Crippen molar-refractivity contribution in [2.75, 3.05) is 0 Å². The number of nitrogens with zero attached hydrogens (tertiary/aromatic N) is 1. The molecule has 3 aliphatic rings. The Morgan fingerprint density at radius 3 is 2.03 bits per heavy atom. The van der Waals surface area contributed by atoms with Crippen LogP contribution in [0.5, 0.6) is 0 Å². The molecule has 6 nitrogen and oxygen atoms in total. The van der Waals surface area contributed by atoms with E-state index < -0.39 is 30.1 Å². The third-order valence-corrected chi connectivity index (χ3v) is 8.32. The molecule has 0 N–H and O–H groups in total. The number of rotatable bonds is 7. The van der Waals surface area contributed by atoms with E-state index in [9.17, 15) is 14.9 Å². The zero-order valence-electron chi connectivity index (χ0n) is 21.3. The van der Waals surface area contributed by atoms with Crippen molar-refractivity contribution in [3.05, 3.63) is 0 Å². The molecule has 0 aromatic rings. The van der Waals surface area contributed by atoms with E-state index in [1.165, 1.54) is 6.42 Å². The fourth-order valence-electron chi connectivity index (χ4n) is 6.20. The Labute approximate surface area is 199 Å². The molecule has 9 atom stereocenters. The first-order valence-corrected chi connectivity index (χ1v) is 13.1. The van der Waals surface area contributed by atoms with Crippen LogP contribution in [0.15, 0.2) is 0 Å². The van der Waals surface area contributed by atoms with Gasteiger partial charge in [-0.15, -0.1) is 0 Å². The quantitative estimate of drug-likeness (QED) is 0.466. The molecule has 6 heteroatoms. The van der Waals surface area contributed by atoms with Gasteiger partial charge in [0.1, 0.15) is 6.10 Å².